The van der Waals surface area contributed by atoms with Crippen LogP contribution in [0, 0.1) is 5.41 Å². The maximum absolute atomic E-state index is 11.8. The first-order valence-electron chi connectivity index (χ1n) is 6.88. The molecule has 1 aromatic rings. The summed E-state index contributed by atoms with van der Waals surface area (Å²) in [5.41, 5.74) is 0.753. The Balaban J connectivity index is 1.96. The van der Waals surface area contributed by atoms with Crippen LogP contribution in [0.25, 0.3) is 0 Å². The largest absolute Gasteiger partial charge is 0.490 e. The van der Waals surface area contributed by atoms with Gasteiger partial charge in [0.1, 0.15) is 0 Å². The van der Waals surface area contributed by atoms with E-state index in [1.807, 2.05) is 12.1 Å². The predicted octanol–water partition coefficient (Wildman–Crippen LogP) is 3.02. The summed E-state index contributed by atoms with van der Waals surface area (Å²) < 4.78 is 11.1. The van der Waals surface area contributed by atoms with Crippen LogP contribution in [0.2, 0.25) is 0 Å². The molecule has 0 aromatic heterocycles. The van der Waals surface area contributed by atoms with E-state index in [-0.39, 0.29) is 11.4 Å². The summed E-state index contributed by atoms with van der Waals surface area (Å²) in [6.07, 6.45) is 0.865. The van der Waals surface area contributed by atoms with Gasteiger partial charge in [0.15, 0.2) is 11.5 Å². The highest BCUT2D eigenvalue weighted by atomic mass is 16.5. The topological polar surface area (TPSA) is 59.6 Å². The van der Waals surface area contributed by atoms with Crippen molar-refractivity contribution in [1.29, 1.82) is 0 Å². The average molecular weight is 278 g/mol. The van der Waals surface area contributed by atoms with Crippen molar-refractivity contribution in [3.63, 3.8) is 0 Å². The summed E-state index contributed by atoms with van der Waals surface area (Å²) >= 11 is 0. The molecule has 0 spiro atoms. The van der Waals surface area contributed by atoms with Gasteiger partial charge in [0, 0.05) is 24.7 Å². The molecule has 2 amide bonds. The second-order valence-corrected chi connectivity index (χ2v) is 6.08. The third-order valence-electron chi connectivity index (χ3n) is 2.78. The van der Waals surface area contributed by atoms with Gasteiger partial charge in [-0.3, -0.25) is 0 Å². The van der Waals surface area contributed by atoms with Crippen LogP contribution in [-0.4, -0.2) is 25.8 Å². The van der Waals surface area contributed by atoms with Crippen molar-refractivity contribution in [2.75, 3.05) is 25.1 Å². The molecule has 0 bridgehead atoms. The monoisotopic (exact) mass is 278 g/mol. The predicted molar refractivity (Wildman–Crippen MR) is 78.5 cm³/mol. The lowest BCUT2D eigenvalue weighted by atomic mass is 9.97. The molecular formula is C15H22N2O3. The number of carbonyl (C=O) groups is 1. The molecule has 0 radical (unpaired) electrons. The number of hydrogen-bond acceptors (Lipinski definition) is 3. The maximum Gasteiger partial charge on any atom is 0.319 e. The van der Waals surface area contributed by atoms with Crippen LogP contribution in [0.3, 0.4) is 0 Å². The molecule has 5 heteroatoms. The molecule has 20 heavy (non-hydrogen) atoms. The van der Waals surface area contributed by atoms with Crippen LogP contribution < -0.4 is 20.1 Å². The van der Waals surface area contributed by atoms with E-state index in [1.54, 1.807) is 6.07 Å². The van der Waals surface area contributed by atoms with Crippen molar-refractivity contribution in [3.8, 4) is 11.5 Å². The van der Waals surface area contributed by atoms with E-state index in [1.165, 1.54) is 0 Å². The molecule has 2 rings (SSSR count). The average Bonchev–Trinajstić information content (AvgIpc) is 2.60. The molecule has 0 saturated heterocycles. The van der Waals surface area contributed by atoms with E-state index in [4.69, 9.17) is 9.47 Å². The van der Waals surface area contributed by atoms with Crippen LogP contribution in [0.4, 0.5) is 10.5 Å². The zero-order chi connectivity index (χ0) is 14.6. The number of anilines is 1. The lowest BCUT2D eigenvalue weighted by Gasteiger charge is -2.19. The van der Waals surface area contributed by atoms with Crippen LogP contribution >= 0.6 is 0 Å². The third kappa shape index (κ3) is 4.33. The minimum absolute atomic E-state index is 0.0576. The number of benzene rings is 1. The molecule has 1 aliphatic heterocycles. The number of amides is 2. The first kappa shape index (κ1) is 14.5. The van der Waals surface area contributed by atoms with E-state index < -0.39 is 0 Å². The van der Waals surface area contributed by atoms with Gasteiger partial charge >= 0.3 is 6.03 Å². The van der Waals surface area contributed by atoms with Crippen molar-refractivity contribution in [1.82, 2.24) is 5.32 Å². The number of fused-ring (bicyclic) bond motifs is 1. The zero-order valence-electron chi connectivity index (χ0n) is 12.3. The minimum Gasteiger partial charge on any atom is -0.490 e. The molecule has 1 aliphatic rings. The van der Waals surface area contributed by atoms with E-state index >= 15 is 0 Å². The summed E-state index contributed by atoms with van der Waals surface area (Å²) in [6.45, 7) is 8.12. The van der Waals surface area contributed by atoms with E-state index in [2.05, 4.69) is 31.4 Å². The summed E-state index contributed by atoms with van der Waals surface area (Å²) in [5, 5.41) is 5.64. The standard InChI is InChI=1S/C15H22N2O3/c1-15(2,3)10-16-14(18)17-11-5-6-12-13(9-11)20-8-4-7-19-12/h5-6,9H,4,7-8,10H2,1-3H3,(H2,16,17,18). The van der Waals surface area contributed by atoms with Gasteiger partial charge in [-0.15, -0.1) is 0 Å². The Morgan fingerprint density at radius 3 is 2.60 bits per heavy atom. The van der Waals surface area contributed by atoms with E-state index in [9.17, 15) is 4.79 Å². The highest BCUT2D eigenvalue weighted by molar-refractivity contribution is 5.89. The van der Waals surface area contributed by atoms with Gasteiger partial charge in [-0.25, -0.2) is 4.79 Å². The fraction of sp³-hybridized carbons (Fsp3) is 0.533. The number of rotatable bonds is 2. The highest BCUT2D eigenvalue weighted by Crippen LogP contribution is 2.32. The summed E-state index contributed by atoms with van der Waals surface area (Å²) in [5.74, 6) is 1.40. The second kappa shape index (κ2) is 6.03. The Kier molecular flexibility index (Phi) is 4.37. The van der Waals surface area contributed by atoms with Crippen molar-refractivity contribution in [3.05, 3.63) is 18.2 Å². The molecule has 1 heterocycles. The fourth-order valence-corrected chi connectivity index (χ4v) is 1.76. The second-order valence-electron chi connectivity index (χ2n) is 6.08. The Morgan fingerprint density at radius 1 is 1.20 bits per heavy atom. The zero-order valence-corrected chi connectivity index (χ0v) is 12.3. The first-order valence-corrected chi connectivity index (χ1v) is 6.88. The third-order valence-corrected chi connectivity index (χ3v) is 2.78. The molecule has 1 aromatic carbocycles. The van der Waals surface area contributed by atoms with Gasteiger partial charge in [0.2, 0.25) is 0 Å². The SMILES string of the molecule is CC(C)(C)CNC(=O)Nc1ccc2c(c1)OCCCO2. The van der Waals surface area contributed by atoms with Gasteiger partial charge in [-0.05, 0) is 17.5 Å². The lowest BCUT2D eigenvalue weighted by molar-refractivity contribution is 0.247. The minimum atomic E-state index is -0.214. The Bertz CT molecular complexity index is 480. The van der Waals surface area contributed by atoms with Gasteiger partial charge < -0.3 is 20.1 Å². The van der Waals surface area contributed by atoms with Crippen LogP contribution in [0.15, 0.2) is 18.2 Å². The quantitative estimate of drug-likeness (QED) is 0.874. The molecule has 0 aliphatic carbocycles. The highest BCUT2D eigenvalue weighted by Gasteiger charge is 2.14. The Labute approximate surface area is 119 Å². The van der Waals surface area contributed by atoms with Crippen molar-refractivity contribution < 1.29 is 14.3 Å². The van der Waals surface area contributed by atoms with E-state index in [0.717, 1.165) is 12.2 Å². The first-order chi connectivity index (χ1) is 9.44. The van der Waals surface area contributed by atoms with Crippen molar-refractivity contribution in [2.24, 2.45) is 5.41 Å². The smallest absolute Gasteiger partial charge is 0.319 e. The van der Waals surface area contributed by atoms with Gasteiger partial charge in [0.25, 0.3) is 0 Å². The summed E-state index contributed by atoms with van der Waals surface area (Å²) in [4.78, 5) is 11.8. The van der Waals surface area contributed by atoms with Gasteiger partial charge in [-0.2, -0.15) is 0 Å². The van der Waals surface area contributed by atoms with Crippen molar-refractivity contribution >= 4 is 11.7 Å². The number of carbonyl (C=O) groups excluding carboxylic acids is 1. The molecule has 0 atom stereocenters. The number of ether oxygens (including phenoxy) is 2. The number of urea groups is 1. The van der Waals surface area contributed by atoms with Crippen LogP contribution in [0.5, 0.6) is 11.5 Å². The molecular weight excluding hydrogens is 256 g/mol. The van der Waals surface area contributed by atoms with Crippen LogP contribution in [-0.2, 0) is 0 Å². The molecule has 110 valence electrons. The van der Waals surface area contributed by atoms with Crippen LogP contribution in [0.1, 0.15) is 27.2 Å². The number of hydrogen-bond donors (Lipinski definition) is 2. The van der Waals surface area contributed by atoms with Crippen molar-refractivity contribution in [2.45, 2.75) is 27.2 Å². The van der Waals surface area contributed by atoms with Gasteiger partial charge in [-0.1, -0.05) is 20.8 Å². The number of nitrogens with one attached hydrogen (secondary N) is 2. The van der Waals surface area contributed by atoms with Gasteiger partial charge in [0.05, 0.1) is 13.2 Å². The molecule has 2 N–H and O–H groups in total. The molecule has 5 nitrogen and oxygen atoms in total. The lowest BCUT2D eigenvalue weighted by Crippen LogP contribution is -2.35. The molecule has 0 fully saturated rings. The molecule has 0 saturated carbocycles. The maximum atomic E-state index is 11.8. The summed E-state index contributed by atoms with van der Waals surface area (Å²) in [6, 6.07) is 5.20. The Morgan fingerprint density at radius 2 is 1.90 bits per heavy atom. The molecule has 0 unspecified atom stereocenters. The Hall–Kier alpha value is -1.91. The summed E-state index contributed by atoms with van der Waals surface area (Å²) in [7, 11) is 0. The normalized spacial score (nSPS) is 14.3. The fourth-order valence-electron chi connectivity index (χ4n) is 1.76. The van der Waals surface area contributed by atoms with E-state index in [0.29, 0.717) is 31.2 Å².